The molecule has 3 aromatic rings. The Morgan fingerprint density at radius 1 is 1.15 bits per heavy atom. The molecule has 0 bridgehead atoms. The molecule has 9 heteroatoms. The zero-order valence-electron chi connectivity index (χ0n) is 20.4. The average Bonchev–Trinajstić information content (AvgIpc) is 3.48. The molecule has 1 amide bonds. The standard InChI is InChI=1S/C25H33N5O3S/c1-18-8-11-22(33-18)16-28(3)23(31)17-34-25-27-26-24(19(2)29-14-6-5-7-15-29)30(25)20-9-12-21(32-4)13-10-20/h8-13,19H,5-7,14-17H2,1-4H3. The molecule has 0 saturated carbocycles. The van der Waals surface area contributed by atoms with E-state index in [-0.39, 0.29) is 17.7 Å². The normalized spacial score (nSPS) is 15.3. The second kappa shape index (κ2) is 11.1. The summed E-state index contributed by atoms with van der Waals surface area (Å²) in [5, 5.41) is 9.79. The molecular formula is C25H33N5O3S. The van der Waals surface area contributed by atoms with Crippen molar-refractivity contribution < 1.29 is 13.9 Å². The highest BCUT2D eigenvalue weighted by atomic mass is 32.2. The number of ether oxygens (including phenoxy) is 1. The van der Waals surface area contributed by atoms with E-state index in [1.165, 1.54) is 31.0 Å². The van der Waals surface area contributed by atoms with Gasteiger partial charge in [-0.05, 0) is 76.2 Å². The fraction of sp³-hybridized carbons (Fsp3) is 0.480. The lowest BCUT2D eigenvalue weighted by Gasteiger charge is -2.31. The molecule has 1 unspecified atom stereocenters. The zero-order valence-corrected chi connectivity index (χ0v) is 21.2. The fourth-order valence-corrected chi connectivity index (χ4v) is 5.12. The number of furan rings is 1. The molecule has 34 heavy (non-hydrogen) atoms. The van der Waals surface area contributed by atoms with Crippen LogP contribution in [0.1, 0.15) is 49.6 Å². The van der Waals surface area contributed by atoms with Crippen molar-refractivity contribution >= 4 is 17.7 Å². The molecule has 0 aliphatic carbocycles. The highest BCUT2D eigenvalue weighted by molar-refractivity contribution is 7.99. The first kappa shape index (κ1) is 24.3. The van der Waals surface area contributed by atoms with Crippen molar-refractivity contribution in [3.63, 3.8) is 0 Å². The Hall–Kier alpha value is -2.78. The minimum absolute atomic E-state index is 0.00830. The summed E-state index contributed by atoms with van der Waals surface area (Å²) in [7, 11) is 3.45. The first-order valence-corrected chi connectivity index (χ1v) is 12.7. The molecule has 0 N–H and O–H groups in total. The maximum Gasteiger partial charge on any atom is 0.233 e. The van der Waals surface area contributed by atoms with E-state index in [1.54, 1.807) is 19.1 Å². The van der Waals surface area contributed by atoms with E-state index < -0.39 is 0 Å². The topological polar surface area (TPSA) is 76.6 Å². The highest BCUT2D eigenvalue weighted by Gasteiger charge is 2.26. The number of hydrogen-bond acceptors (Lipinski definition) is 7. The molecule has 4 rings (SSSR count). The summed E-state index contributed by atoms with van der Waals surface area (Å²) in [6.07, 6.45) is 3.69. The van der Waals surface area contributed by atoms with Crippen molar-refractivity contribution in [1.29, 1.82) is 0 Å². The molecule has 182 valence electrons. The van der Waals surface area contributed by atoms with Crippen molar-refractivity contribution in [3.05, 3.63) is 53.7 Å². The van der Waals surface area contributed by atoms with Crippen molar-refractivity contribution in [2.24, 2.45) is 0 Å². The molecule has 3 heterocycles. The zero-order chi connectivity index (χ0) is 24.1. The summed E-state index contributed by atoms with van der Waals surface area (Å²) < 4.78 is 13.0. The van der Waals surface area contributed by atoms with Gasteiger partial charge >= 0.3 is 0 Å². The monoisotopic (exact) mass is 483 g/mol. The number of carbonyl (C=O) groups is 1. The summed E-state index contributed by atoms with van der Waals surface area (Å²) in [5.74, 6) is 3.57. The number of aromatic nitrogens is 3. The molecule has 2 aromatic heterocycles. The number of nitrogens with zero attached hydrogens (tertiary/aromatic N) is 5. The number of thioether (sulfide) groups is 1. The van der Waals surface area contributed by atoms with Crippen LogP contribution in [0.2, 0.25) is 0 Å². The Bertz CT molecular complexity index is 1090. The number of methoxy groups -OCH3 is 1. The van der Waals surface area contributed by atoms with Crippen LogP contribution >= 0.6 is 11.8 Å². The molecule has 1 aliphatic rings. The molecule has 8 nitrogen and oxygen atoms in total. The van der Waals surface area contributed by atoms with Crippen molar-refractivity contribution in [2.45, 2.75) is 50.9 Å². The highest BCUT2D eigenvalue weighted by Crippen LogP contribution is 2.30. The molecule has 0 radical (unpaired) electrons. The lowest BCUT2D eigenvalue weighted by atomic mass is 10.1. The van der Waals surface area contributed by atoms with Crippen LogP contribution in [0.5, 0.6) is 5.75 Å². The van der Waals surface area contributed by atoms with Gasteiger partial charge in [0.1, 0.15) is 17.3 Å². The van der Waals surface area contributed by atoms with E-state index in [0.29, 0.717) is 11.7 Å². The molecule has 1 atom stereocenters. The average molecular weight is 484 g/mol. The van der Waals surface area contributed by atoms with Crippen LogP contribution in [-0.4, -0.2) is 63.5 Å². The number of piperidine rings is 1. The Balaban J connectivity index is 1.53. The lowest BCUT2D eigenvalue weighted by Crippen LogP contribution is -2.33. The van der Waals surface area contributed by atoms with Crippen LogP contribution in [0.15, 0.2) is 46.0 Å². The second-order valence-electron chi connectivity index (χ2n) is 8.70. The maximum atomic E-state index is 12.8. The Kier molecular flexibility index (Phi) is 7.95. The Morgan fingerprint density at radius 3 is 2.53 bits per heavy atom. The summed E-state index contributed by atoms with van der Waals surface area (Å²) in [6, 6.07) is 11.8. The number of aryl methyl sites for hydroxylation is 1. The first-order valence-electron chi connectivity index (χ1n) is 11.7. The van der Waals surface area contributed by atoms with E-state index in [4.69, 9.17) is 9.15 Å². The third-order valence-electron chi connectivity index (χ3n) is 6.24. The van der Waals surface area contributed by atoms with Gasteiger partial charge in [-0.2, -0.15) is 0 Å². The van der Waals surface area contributed by atoms with Gasteiger partial charge in [0.25, 0.3) is 0 Å². The second-order valence-corrected chi connectivity index (χ2v) is 9.64. The quantitative estimate of drug-likeness (QED) is 0.416. The molecular weight excluding hydrogens is 450 g/mol. The van der Waals surface area contributed by atoms with Gasteiger partial charge in [-0.3, -0.25) is 14.3 Å². The van der Waals surface area contributed by atoms with Gasteiger partial charge in [-0.25, -0.2) is 0 Å². The van der Waals surface area contributed by atoms with Gasteiger partial charge in [0.05, 0.1) is 25.4 Å². The fourth-order valence-electron chi connectivity index (χ4n) is 4.22. The van der Waals surface area contributed by atoms with Gasteiger partial charge in [0.15, 0.2) is 11.0 Å². The first-order chi connectivity index (χ1) is 16.5. The van der Waals surface area contributed by atoms with Crippen molar-refractivity contribution in [1.82, 2.24) is 24.6 Å². The van der Waals surface area contributed by atoms with Crippen molar-refractivity contribution in [2.75, 3.05) is 33.0 Å². The number of carbonyl (C=O) groups excluding carboxylic acids is 1. The summed E-state index contributed by atoms with van der Waals surface area (Å²) >= 11 is 1.41. The van der Waals surface area contributed by atoms with Crippen LogP contribution < -0.4 is 4.74 Å². The summed E-state index contributed by atoms with van der Waals surface area (Å²) in [4.78, 5) is 17.0. The van der Waals surface area contributed by atoms with Crippen LogP contribution in [0.4, 0.5) is 0 Å². The predicted octanol–water partition coefficient (Wildman–Crippen LogP) is 4.47. The molecule has 1 saturated heterocycles. The largest absolute Gasteiger partial charge is 0.497 e. The Morgan fingerprint density at radius 2 is 1.88 bits per heavy atom. The summed E-state index contributed by atoms with van der Waals surface area (Å²) in [5.41, 5.74) is 0.957. The van der Waals surface area contributed by atoms with E-state index in [2.05, 4.69) is 26.6 Å². The predicted molar refractivity (Wildman–Crippen MR) is 132 cm³/mol. The molecule has 1 fully saturated rings. The SMILES string of the molecule is COc1ccc(-n2c(SCC(=O)N(C)Cc3ccc(C)o3)nnc2C(C)N2CCCCC2)cc1. The third kappa shape index (κ3) is 5.64. The van der Waals surface area contributed by atoms with E-state index in [9.17, 15) is 4.79 Å². The van der Waals surface area contributed by atoms with Gasteiger partial charge in [-0.1, -0.05) is 18.2 Å². The van der Waals surface area contributed by atoms with Crippen LogP contribution in [-0.2, 0) is 11.3 Å². The van der Waals surface area contributed by atoms with E-state index in [1.807, 2.05) is 43.3 Å². The number of likely N-dealkylation sites (tertiary alicyclic amines) is 1. The van der Waals surface area contributed by atoms with Crippen LogP contribution in [0.3, 0.4) is 0 Å². The van der Waals surface area contributed by atoms with Crippen LogP contribution in [0, 0.1) is 6.92 Å². The third-order valence-corrected chi connectivity index (χ3v) is 7.15. The van der Waals surface area contributed by atoms with Crippen molar-refractivity contribution in [3.8, 4) is 11.4 Å². The molecule has 1 aromatic carbocycles. The van der Waals surface area contributed by atoms with E-state index in [0.717, 1.165) is 41.9 Å². The number of rotatable bonds is 9. The van der Waals surface area contributed by atoms with E-state index >= 15 is 0 Å². The minimum atomic E-state index is 0.00830. The maximum absolute atomic E-state index is 12.8. The smallest absolute Gasteiger partial charge is 0.233 e. The van der Waals surface area contributed by atoms with Gasteiger partial charge in [0, 0.05) is 12.7 Å². The van der Waals surface area contributed by atoms with Crippen LogP contribution in [0.25, 0.3) is 5.69 Å². The molecule has 1 aliphatic heterocycles. The number of amides is 1. The Labute approximate surface area is 205 Å². The molecule has 0 spiro atoms. The van der Waals surface area contributed by atoms with Gasteiger partial charge in [-0.15, -0.1) is 10.2 Å². The minimum Gasteiger partial charge on any atom is -0.497 e. The lowest BCUT2D eigenvalue weighted by molar-refractivity contribution is -0.127. The number of benzene rings is 1. The van der Waals surface area contributed by atoms with Gasteiger partial charge < -0.3 is 14.1 Å². The summed E-state index contributed by atoms with van der Waals surface area (Å²) in [6.45, 7) is 6.66. The van der Waals surface area contributed by atoms with Gasteiger partial charge in [0.2, 0.25) is 5.91 Å². The number of hydrogen-bond donors (Lipinski definition) is 0.